The first-order chi connectivity index (χ1) is 8.88. The molecule has 1 unspecified atom stereocenters. The van der Waals surface area contributed by atoms with Gasteiger partial charge in [0.1, 0.15) is 0 Å². The van der Waals surface area contributed by atoms with Crippen molar-refractivity contribution in [1.29, 1.82) is 0 Å². The predicted molar refractivity (Wildman–Crippen MR) is 68.8 cm³/mol. The second kappa shape index (κ2) is 5.50. The van der Waals surface area contributed by atoms with Crippen molar-refractivity contribution in [1.82, 2.24) is 5.32 Å². The monoisotopic (exact) mass is 336 g/mol. The first-order valence-corrected chi connectivity index (χ1v) is 6.55. The van der Waals surface area contributed by atoms with Crippen LogP contribution < -0.4 is 10.6 Å². The molecule has 0 radical (unpaired) electrons. The van der Waals surface area contributed by atoms with Crippen molar-refractivity contribution in [3.63, 3.8) is 0 Å². The zero-order valence-corrected chi connectivity index (χ0v) is 11.4. The molecule has 3 nitrogen and oxygen atoms in total. The molecule has 1 saturated heterocycles. The van der Waals surface area contributed by atoms with E-state index in [0.717, 1.165) is 18.7 Å². The first kappa shape index (κ1) is 14.3. The normalized spacial score (nSPS) is 19.5. The standard InChI is InChI=1S/C12H12BrF3N2O/c13-9-2-1-8(12(14,15)16)5-10(9)18-11(19)7-3-4-17-6-7/h1-2,5,7,17H,3-4,6H2,(H,18,19). The summed E-state index contributed by atoms with van der Waals surface area (Å²) in [6, 6.07) is 3.19. The number of anilines is 1. The second-order valence-electron chi connectivity index (χ2n) is 4.37. The molecule has 1 aliphatic rings. The van der Waals surface area contributed by atoms with Crippen LogP contribution in [0.1, 0.15) is 12.0 Å². The molecule has 0 aromatic heterocycles. The van der Waals surface area contributed by atoms with Gasteiger partial charge in [0.05, 0.1) is 17.2 Å². The van der Waals surface area contributed by atoms with Crippen LogP contribution in [0, 0.1) is 5.92 Å². The Bertz CT molecular complexity index is 484. The summed E-state index contributed by atoms with van der Waals surface area (Å²) in [6.07, 6.45) is -3.72. The third kappa shape index (κ3) is 3.48. The number of carbonyl (C=O) groups excluding carboxylic acids is 1. The maximum atomic E-state index is 12.6. The SMILES string of the molecule is O=C(Nc1cc(C(F)(F)F)ccc1Br)C1CCNC1. The fraction of sp³-hybridized carbons (Fsp3) is 0.417. The van der Waals surface area contributed by atoms with Crippen molar-refractivity contribution >= 4 is 27.5 Å². The number of halogens is 4. The van der Waals surface area contributed by atoms with E-state index in [4.69, 9.17) is 0 Å². The predicted octanol–water partition coefficient (Wildman–Crippen LogP) is 3.02. The molecule has 0 aliphatic carbocycles. The van der Waals surface area contributed by atoms with E-state index >= 15 is 0 Å². The summed E-state index contributed by atoms with van der Waals surface area (Å²) in [7, 11) is 0. The van der Waals surface area contributed by atoms with E-state index in [0.29, 0.717) is 17.4 Å². The lowest BCUT2D eigenvalue weighted by Gasteiger charge is -2.14. The van der Waals surface area contributed by atoms with E-state index in [1.807, 2.05) is 0 Å². The number of rotatable bonds is 2. The van der Waals surface area contributed by atoms with Gasteiger partial charge in [0.15, 0.2) is 0 Å². The Morgan fingerprint density at radius 2 is 2.16 bits per heavy atom. The van der Waals surface area contributed by atoms with Crippen LogP contribution in [0.3, 0.4) is 0 Å². The molecule has 7 heteroatoms. The molecule has 104 valence electrons. The quantitative estimate of drug-likeness (QED) is 0.871. The number of carbonyl (C=O) groups is 1. The van der Waals surface area contributed by atoms with Crippen molar-refractivity contribution in [3.05, 3.63) is 28.2 Å². The van der Waals surface area contributed by atoms with Gasteiger partial charge in [-0.25, -0.2) is 0 Å². The van der Waals surface area contributed by atoms with Crippen LogP contribution in [0.5, 0.6) is 0 Å². The van der Waals surface area contributed by atoms with Gasteiger partial charge in [-0.3, -0.25) is 4.79 Å². The number of nitrogens with one attached hydrogen (secondary N) is 2. The largest absolute Gasteiger partial charge is 0.416 e. The summed E-state index contributed by atoms with van der Waals surface area (Å²) < 4.78 is 38.2. The number of alkyl halides is 3. The fourth-order valence-corrected chi connectivity index (χ4v) is 2.26. The molecule has 0 bridgehead atoms. The van der Waals surface area contributed by atoms with Gasteiger partial charge in [-0.05, 0) is 47.1 Å². The van der Waals surface area contributed by atoms with Gasteiger partial charge in [0.2, 0.25) is 5.91 Å². The Balaban J connectivity index is 2.17. The lowest BCUT2D eigenvalue weighted by molar-refractivity contribution is -0.137. The highest BCUT2D eigenvalue weighted by molar-refractivity contribution is 9.10. The molecule has 1 amide bonds. The van der Waals surface area contributed by atoms with E-state index < -0.39 is 11.7 Å². The lowest BCUT2D eigenvalue weighted by Crippen LogP contribution is -2.25. The second-order valence-corrected chi connectivity index (χ2v) is 5.23. The number of hydrogen-bond donors (Lipinski definition) is 2. The average molecular weight is 337 g/mol. The molecule has 1 aromatic carbocycles. The third-order valence-corrected chi connectivity index (χ3v) is 3.67. The molecule has 1 atom stereocenters. The van der Waals surface area contributed by atoms with Crippen molar-refractivity contribution in [2.75, 3.05) is 18.4 Å². The van der Waals surface area contributed by atoms with Crippen molar-refractivity contribution in [2.45, 2.75) is 12.6 Å². The number of benzene rings is 1. The van der Waals surface area contributed by atoms with Crippen molar-refractivity contribution < 1.29 is 18.0 Å². The summed E-state index contributed by atoms with van der Waals surface area (Å²) in [6.45, 7) is 1.31. The molecular formula is C12H12BrF3N2O. The Morgan fingerprint density at radius 1 is 1.42 bits per heavy atom. The maximum Gasteiger partial charge on any atom is 0.416 e. The fourth-order valence-electron chi connectivity index (χ4n) is 1.91. The summed E-state index contributed by atoms with van der Waals surface area (Å²) in [5, 5.41) is 5.58. The van der Waals surface area contributed by atoms with Crippen LogP contribution in [0.15, 0.2) is 22.7 Å². The third-order valence-electron chi connectivity index (χ3n) is 2.98. The zero-order chi connectivity index (χ0) is 14.0. The van der Waals surface area contributed by atoms with Gasteiger partial charge >= 0.3 is 6.18 Å². The van der Waals surface area contributed by atoms with Gasteiger partial charge < -0.3 is 10.6 Å². The van der Waals surface area contributed by atoms with Crippen LogP contribution in [0.2, 0.25) is 0 Å². The van der Waals surface area contributed by atoms with Gasteiger partial charge in [0.25, 0.3) is 0 Å². The van der Waals surface area contributed by atoms with Crippen LogP contribution in [0.4, 0.5) is 18.9 Å². The molecule has 0 spiro atoms. The van der Waals surface area contributed by atoms with Gasteiger partial charge in [-0.2, -0.15) is 13.2 Å². The lowest BCUT2D eigenvalue weighted by atomic mass is 10.1. The number of amides is 1. The molecule has 0 saturated carbocycles. The van der Waals surface area contributed by atoms with Crippen molar-refractivity contribution in [2.24, 2.45) is 5.92 Å². The topological polar surface area (TPSA) is 41.1 Å². The van der Waals surface area contributed by atoms with E-state index in [-0.39, 0.29) is 17.5 Å². The Morgan fingerprint density at radius 3 is 2.74 bits per heavy atom. The zero-order valence-electron chi connectivity index (χ0n) is 9.85. The highest BCUT2D eigenvalue weighted by Crippen LogP contribution is 2.34. The number of hydrogen-bond acceptors (Lipinski definition) is 2. The van der Waals surface area contributed by atoms with Crippen LogP contribution in [0.25, 0.3) is 0 Å². The molecule has 1 fully saturated rings. The van der Waals surface area contributed by atoms with Crippen LogP contribution >= 0.6 is 15.9 Å². The molecule has 2 N–H and O–H groups in total. The Kier molecular flexibility index (Phi) is 4.15. The maximum absolute atomic E-state index is 12.6. The molecule has 1 aliphatic heterocycles. The molecular weight excluding hydrogens is 325 g/mol. The van der Waals surface area contributed by atoms with E-state index in [1.54, 1.807) is 0 Å². The summed E-state index contributed by atoms with van der Waals surface area (Å²) in [5.41, 5.74) is -0.637. The molecule has 1 heterocycles. The average Bonchev–Trinajstić information content (AvgIpc) is 2.84. The van der Waals surface area contributed by atoms with Gasteiger partial charge in [0, 0.05) is 11.0 Å². The van der Waals surface area contributed by atoms with E-state index in [1.165, 1.54) is 6.07 Å². The Labute approximate surface area is 116 Å². The molecule has 2 rings (SSSR count). The van der Waals surface area contributed by atoms with Crippen LogP contribution in [-0.2, 0) is 11.0 Å². The van der Waals surface area contributed by atoms with E-state index in [9.17, 15) is 18.0 Å². The molecule has 19 heavy (non-hydrogen) atoms. The Hall–Kier alpha value is -1.08. The summed E-state index contributed by atoms with van der Waals surface area (Å²) >= 11 is 3.14. The minimum Gasteiger partial charge on any atom is -0.325 e. The summed E-state index contributed by atoms with van der Waals surface area (Å²) in [5.74, 6) is -0.452. The first-order valence-electron chi connectivity index (χ1n) is 5.76. The minimum atomic E-state index is -4.42. The molecule has 1 aromatic rings. The van der Waals surface area contributed by atoms with E-state index in [2.05, 4.69) is 26.6 Å². The highest BCUT2D eigenvalue weighted by Gasteiger charge is 2.31. The van der Waals surface area contributed by atoms with Gasteiger partial charge in [-0.15, -0.1) is 0 Å². The van der Waals surface area contributed by atoms with Gasteiger partial charge in [-0.1, -0.05) is 0 Å². The highest BCUT2D eigenvalue weighted by atomic mass is 79.9. The van der Waals surface area contributed by atoms with Crippen molar-refractivity contribution in [3.8, 4) is 0 Å². The minimum absolute atomic E-state index is 0.145. The van der Waals surface area contributed by atoms with Crippen LogP contribution in [-0.4, -0.2) is 19.0 Å². The smallest absolute Gasteiger partial charge is 0.325 e. The summed E-state index contributed by atoms with van der Waals surface area (Å²) in [4.78, 5) is 11.9.